The molecule has 0 amide bonds. The monoisotopic (exact) mass is 383 g/mol. The number of rotatable bonds is 4. The lowest BCUT2D eigenvalue weighted by Crippen LogP contribution is -2.29. The number of hydrogen-bond donors (Lipinski definition) is 3. The fourth-order valence-electron chi connectivity index (χ4n) is 3.93. The highest BCUT2D eigenvalue weighted by Gasteiger charge is 2.31. The molecule has 3 heterocycles. The van der Waals surface area contributed by atoms with E-state index in [2.05, 4.69) is 4.98 Å². The lowest BCUT2D eigenvalue weighted by Gasteiger charge is -2.22. The van der Waals surface area contributed by atoms with Crippen LogP contribution in [-0.4, -0.2) is 20.5 Å². The SMILES string of the molecule is Cc1c(-c2[nH]ccc2C(C)(C)N)c(F)cn2c(=O)c(C(=O)O)cc(C3CC3)c12. The highest BCUT2D eigenvalue weighted by atomic mass is 19.1. The number of aromatic carboxylic acids is 1. The Kier molecular flexibility index (Phi) is 3.97. The van der Waals surface area contributed by atoms with Gasteiger partial charge in [0.25, 0.3) is 5.56 Å². The average molecular weight is 383 g/mol. The summed E-state index contributed by atoms with van der Waals surface area (Å²) in [6.45, 7) is 5.44. The minimum absolute atomic E-state index is 0.180. The first-order valence-corrected chi connectivity index (χ1v) is 9.20. The van der Waals surface area contributed by atoms with Crippen molar-refractivity contribution in [3.8, 4) is 11.3 Å². The quantitative estimate of drug-likeness (QED) is 0.642. The molecule has 0 bridgehead atoms. The highest BCUT2D eigenvalue weighted by molar-refractivity contribution is 5.89. The number of fused-ring (bicyclic) bond motifs is 1. The molecular weight excluding hydrogens is 361 g/mol. The van der Waals surface area contributed by atoms with Crippen LogP contribution in [-0.2, 0) is 5.54 Å². The summed E-state index contributed by atoms with van der Waals surface area (Å²) in [6, 6.07) is 3.27. The molecular formula is C21H22FN3O3. The second-order valence-corrected chi connectivity index (χ2v) is 8.08. The molecule has 0 spiro atoms. The van der Waals surface area contributed by atoms with Crippen molar-refractivity contribution in [3.05, 3.63) is 63.0 Å². The fraction of sp³-hybridized carbons (Fsp3) is 0.333. The Balaban J connectivity index is 2.11. The average Bonchev–Trinajstić information content (AvgIpc) is 3.31. The van der Waals surface area contributed by atoms with Crippen LogP contribution in [0.25, 0.3) is 16.8 Å². The molecule has 1 aliphatic rings. The number of nitrogens with one attached hydrogen (secondary N) is 1. The Bertz CT molecular complexity index is 1180. The van der Waals surface area contributed by atoms with Crippen LogP contribution in [0.4, 0.5) is 4.39 Å². The normalized spacial score (nSPS) is 14.6. The predicted molar refractivity (Wildman–Crippen MR) is 104 cm³/mol. The van der Waals surface area contributed by atoms with Gasteiger partial charge in [-0.05, 0) is 68.4 Å². The van der Waals surface area contributed by atoms with Crippen molar-refractivity contribution < 1.29 is 14.3 Å². The van der Waals surface area contributed by atoms with E-state index in [9.17, 15) is 14.7 Å². The first-order valence-electron chi connectivity index (χ1n) is 9.20. The lowest BCUT2D eigenvalue weighted by molar-refractivity contribution is 0.0694. The molecule has 6 nitrogen and oxygen atoms in total. The van der Waals surface area contributed by atoms with Gasteiger partial charge in [-0.15, -0.1) is 0 Å². The Morgan fingerprint density at radius 3 is 2.64 bits per heavy atom. The number of aromatic amines is 1. The molecule has 3 aromatic rings. The van der Waals surface area contributed by atoms with Crippen molar-refractivity contribution in [1.82, 2.24) is 9.38 Å². The van der Waals surface area contributed by atoms with Gasteiger partial charge >= 0.3 is 5.97 Å². The fourth-order valence-corrected chi connectivity index (χ4v) is 3.93. The van der Waals surface area contributed by atoms with Crippen molar-refractivity contribution in [2.75, 3.05) is 0 Å². The van der Waals surface area contributed by atoms with Crippen LogP contribution in [0, 0.1) is 12.7 Å². The summed E-state index contributed by atoms with van der Waals surface area (Å²) in [5, 5.41) is 9.40. The number of aryl methyl sites for hydroxylation is 1. The van der Waals surface area contributed by atoms with Crippen LogP contribution in [0.15, 0.2) is 29.3 Å². The van der Waals surface area contributed by atoms with E-state index >= 15 is 4.39 Å². The number of nitrogens with zero attached hydrogens (tertiary/aromatic N) is 1. The number of hydrogen-bond acceptors (Lipinski definition) is 3. The second kappa shape index (κ2) is 6.04. The molecule has 146 valence electrons. The number of pyridine rings is 2. The standard InChI is InChI=1S/C21H22FN3O3/c1-10-16(17-14(6-7-24-17)21(2,3)23)15(22)9-25-18(10)12(11-4-5-11)8-13(19(25)26)20(27)28/h6-9,11,24H,4-5,23H2,1-3H3,(H,27,28). The molecule has 1 aliphatic carbocycles. The first kappa shape index (κ1) is 18.4. The predicted octanol–water partition coefficient (Wildman–Crippen LogP) is 3.51. The van der Waals surface area contributed by atoms with E-state index in [0.29, 0.717) is 22.3 Å². The Hall–Kier alpha value is -2.93. The van der Waals surface area contributed by atoms with Crippen LogP contribution in [0.5, 0.6) is 0 Å². The molecule has 0 unspecified atom stereocenters. The maximum atomic E-state index is 15.2. The third-order valence-electron chi connectivity index (χ3n) is 5.41. The van der Waals surface area contributed by atoms with Gasteiger partial charge in [-0.3, -0.25) is 9.20 Å². The Morgan fingerprint density at radius 1 is 1.39 bits per heavy atom. The maximum Gasteiger partial charge on any atom is 0.341 e. The van der Waals surface area contributed by atoms with Gasteiger partial charge in [0.2, 0.25) is 0 Å². The maximum absolute atomic E-state index is 15.2. The van der Waals surface area contributed by atoms with Crippen LogP contribution < -0.4 is 11.3 Å². The van der Waals surface area contributed by atoms with E-state index in [1.165, 1.54) is 6.07 Å². The molecule has 0 aliphatic heterocycles. The molecule has 7 heteroatoms. The minimum atomic E-state index is -1.31. The van der Waals surface area contributed by atoms with Gasteiger partial charge in [-0.1, -0.05) is 0 Å². The third kappa shape index (κ3) is 2.74. The largest absolute Gasteiger partial charge is 0.477 e. The molecule has 4 rings (SSSR count). The van der Waals surface area contributed by atoms with Gasteiger partial charge in [0.15, 0.2) is 0 Å². The van der Waals surface area contributed by atoms with Crippen molar-refractivity contribution in [1.29, 1.82) is 0 Å². The number of carboxylic acid groups (broad SMARTS) is 1. The molecule has 1 fully saturated rings. The van der Waals surface area contributed by atoms with Crippen molar-refractivity contribution in [2.45, 2.75) is 45.1 Å². The summed E-state index contributed by atoms with van der Waals surface area (Å²) >= 11 is 0. The number of carboxylic acids is 1. The van der Waals surface area contributed by atoms with E-state index in [-0.39, 0.29) is 11.5 Å². The first-order chi connectivity index (χ1) is 13.1. The van der Waals surface area contributed by atoms with Crippen molar-refractivity contribution >= 4 is 11.5 Å². The highest BCUT2D eigenvalue weighted by Crippen LogP contribution is 2.44. The van der Waals surface area contributed by atoms with Gasteiger partial charge in [0.05, 0.1) is 11.2 Å². The van der Waals surface area contributed by atoms with Gasteiger partial charge in [-0.2, -0.15) is 0 Å². The van der Waals surface area contributed by atoms with Crippen molar-refractivity contribution in [2.24, 2.45) is 5.73 Å². The van der Waals surface area contributed by atoms with E-state index in [0.717, 1.165) is 34.6 Å². The Morgan fingerprint density at radius 2 is 2.07 bits per heavy atom. The number of halogens is 1. The van der Waals surface area contributed by atoms with E-state index < -0.39 is 22.9 Å². The molecule has 0 saturated heterocycles. The summed E-state index contributed by atoms with van der Waals surface area (Å²) in [7, 11) is 0. The van der Waals surface area contributed by atoms with Crippen LogP contribution >= 0.6 is 0 Å². The van der Waals surface area contributed by atoms with Crippen LogP contribution in [0.2, 0.25) is 0 Å². The minimum Gasteiger partial charge on any atom is -0.477 e. The summed E-state index contributed by atoms with van der Waals surface area (Å²) in [4.78, 5) is 27.3. The van der Waals surface area contributed by atoms with Gasteiger partial charge < -0.3 is 15.8 Å². The second-order valence-electron chi connectivity index (χ2n) is 8.08. The number of H-pyrrole nitrogens is 1. The van der Waals surface area contributed by atoms with E-state index in [1.54, 1.807) is 13.1 Å². The van der Waals surface area contributed by atoms with Crippen LogP contribution in [0.1, 0.15) is 59.7 Å². The zero-order chi connectivity index (χ0) is 20.4. The smallest absolute Gasteiger partial charge is 0.341 e. The zero-order valence-electron chi connectivity index (χ0n) is 16.0. The lowest BCUT2D eigenvalue weighted by atomic mass is 9.90. The number of carbonyl (C=O) groups is 1. The van der Waals surface area contributed by atoms with Gasteiger partial charge in [0, 0.05) is 23.5 Å². The van der Waals surface area contributed by atoms with Gasteiger partial charge in [-0.25, -0.2) is 9.18 Å². The number of aromatic nitrogens is 2. The summed E-state index contributed by atoms with van der Waals surface area (Å²) in [5.41, 5.74) is 8.11. The Labute approximate surface area is 160 Å². The molecule has 1 saturated carbocycles. The topological polar surface area (TPSA) is 101 Å². The van der Waals surface area contributed by atoms with Crippen molar-refractivity contribution in [3.63, 3.8) is 0 Å². The molecule has 3 aromatic heterocycles. The van der Waals surface area contributed by atoms with E-state index in [4.69, 9.17) is 5.73 Å². The number of nitrogens with two attached hydrogens (primary N) is 1. The molecule has 0 atom stereocenters. The summed E-state index contributed by atoms with van der Waals surface area (Å²) < 4.78 is 16.3. The molecule has 28 heavy (non-hydrogen) atoms. The molecule has 0 aromatic carbocycles. The summed E-state index contributed by atoms with van der Waals surface area (Å²) in [5.74, 6) is -1.73. The molecule has 4 N–H and O–H groups in total. The zero-order valence-corrected chi connectivity index (χ0v) is 16.0. The molecule has 0 radical (unpaired) electrons. The van der Waals surface area contributed by atoms with Gasteiger partial charge in [0.1, 0.15) is 11.4 Å². The third-order valence-corrected chi connectivity index (χ3v) is 5.41. The van der Waals surface area contributed by atoms with E-state index in [1.807, 2.05) is 19.9 Å². The summed E-state index contributed by atoms with van der Waals surface area (Å²) in [6.07, 6.45) is 4.64. The van der Waals surface area contributed by atoms with Crippen LogP contribution in [0.3, 0.4) is 0 Å².